The molecule has 3 rings (SSSR count). The minimum absolute atomic E-state index is 0.356. The molecule has 2 nitrogen and oxygen atoms in total. The summed E-state index contributed by atoms with van der Waals surface area (Å²) in [6.07, 6.45) is 4.44. The number of fused-ring (bicyclic) bond motifs is 3. The Labute approximate surface area is 98.5 Å². The summed E-state index contributed by atoms with van der Waals surface area (Å²) >= 11 is 0. The zero-order valence-corrected chi connectivity index (χ0v) is 10.5. The Morgan fingerprint density at radius 1 is 1.25 bits per heavy atom. The zero-order chi connectivity index (χ0) is 11.7. The average molecular weight is 221 g/mol. The summed E-state index contributed by atoms with van der Waals surface area (Å²) in [6, 6.07) is 0.631. The summed E-state index contributed by atoms with van der Waals surface area (Å²) in [5.41, 5.74) is 1.29. The van der Waals surface area contributed by atoms with Crippen LogP contribution in [0.4, 0.5) is 0 Å². The molecule has 1 saturated carbocycles. The predicted molar refractivity (Wildman–Crippen MR) is 66.2 cm³/mol. The second-order valence-electron chi connectivity index (χ2n) is 5.83. The van der Waals surface area contributed by atoms with Gasteiger partial charge in [-0.25, -0.2) is 0 Å². The van der Waals surface area contributed by atoms with Crippen molar-refractivity contribution < 1.29 is 4.79 Å². The molecular formula is C14H23NO. The van der Waals surface area contributed by atoms with Crippen LogP contribution in [0.1, 0.15) is 39.5 Å². The highest BCUT2D eigenvalue weighted by Gasteiger charge is 2.41. The molecule has 2 saturated heterocycles. The fraction of sp³-hybridized carbons (Fsp3) is 0.786. The van der Waals surface area contributed by atoms with Crippen LogP contribution in [0.3, 0.4) is 0 Å². The fourth-order valence-corrected chi connectivity index (χ4v) is 3.55. The number of Topliss-reactive ketones (excluding diaryl/α,β-unsaturated/α-hetero) is 1. The van der Waals surface area contributed by atoms with Crippen molar-refractivity contribution in [1.29, 1.82) is 0 Å². The number of rotatable bonds is 4. The van der Waals surface area contributed by atoms with Crippen LogP contribution < -0.4 is 5.32 Å². The summed E-state index contributed by atoms with van der Waals surface area (Å²) in [5, 5.41) is 3.62. The number of hydrogen-bond acceptors (Lipinski definition) is 2. The number of carbonyl (C=O) groups is 1. The maximum absolute atomic E-state index is 11.2. The number of allylic oxidation sites excluding steroid dienone is 1. The van der Waals surface area contributed by atoms with Gasteiger partial charge in [-0.05, 0) is 57.4 Å². The minimum Gasteiger partial charge on any atom is -0.313 e. The molecule has 2 bridgehead atoms. The van der Waals surface area contributed by atoms with E-state index in [9.17, 15) is 4.79 Å². The molecule has 0 aromatic carbocycles. The topological polar surface area (TPSA) is 29.1 Å². The number of hydrogen-bond donors (Lipinski definition) is 1. The van der Waals surface area contributed by atoms with Crippen molar-refractivity contribution in [3.63, 3.8) is 0 Å². The first kappa shape index (κ1) is 11.8. The molecule has 1 N–H and O–H groups in total. The number of ketones is 1. The number of piperidine rings is 2. The summed E-state index contributed by atoms with van der Waals surface area (Å²) in [5.74, 6) is 2.48. The minimum atomic E-state index is 0.356. The van der Waals surface area contributed by atoms with Crippen molar-refractivity contribution in [2.24, 2.45) is 17.8 Å². The molecule has 4 unspecified atom stereocenters. The standard InChI is InChI=1S/C14H23NO/c1-9(2)4-12-6-13-8-15-14(12)7-11(13)5-10(3)16/h11-15H,1,4-8H2,2-3H3. The summed E-state index contributed by atoms with van der Waals surface area (Å²) in [4.78, 5) is 11.2. The van der Waals surface area contributed by atoms with E-state index in [-0.39, 0.29) is 0 Å². The molecular weight excluding hydrogens is 198 g/mol. The number of nitrogens with one attached hydrogen (secondary N) is 1. The van der Waals surface area contributed by atoms with Gasteiger partial charge in [0.25, 0.3) is 0 Å². The van der Waals surface area contributed by atoms with E-state index in [0.29, 0.717) is 17.7 Å². The van der Waals surface area contributed by atoms with E-state index in [4.69, 9.17) is 0 Å². The molecule has 90 valence electrons. The lowest BCUT2D eigenvalue weighted by Gasteiger charge is -2.48. The van der Waals surface area contributed by atoms with Gasteiger partial charge in [0.1, 0.15) is 5.78 Å². The third kappa shape index (κ3) is 2.54. The monoisotopic (exact) mass is 221 g/mol. The van der Waals surface area contributed by atoms with E-state index in [2.05, 4.69) is 18.8 Å². The third-order valence-corrected chi connectivity index (χ3v) is 4.20. The van der Waals surface area contributed by atoms with E-state index >= 15 is 0 Å². The molecule has 3 fully saturated rings. The van der Waals surface area contributed by atoms with Gasteiger partial charge in [0.2, 0.25) is 0 Å². The van der Waals surface area contributed by atoms with E-state index in [1.54, 1.807) is 6.92 Å². The van der Waals surface area contributed by atoms with Gasteiger partial charge in [-0.15, -0.1) is 6.58 Å². The Balaban J connectivity index is 1.95. The first-order valence-corrected chi connectivity index (χ1v) is 6.43. The summed E-state index contributed by atoms with van der Waals surface area (Å²) in [6.45, 7) is 8.98. The highest BCUT2D eigenvalue weighted by Crippen LogP contribution is 2.41. The van der Waals surface area contributed by atoms with Crippen molar-refractivity contribution in [3.8, 4) is 0 Å². The van der Waals surface area contributed by atoms with Crippen molar-refractivity contribution in [2.45, 2.75) is 45.6 Å². The quantitative estimate of drug-likeness (QED) is 0.739. The summed E-state index contributed by atoms with van der Waals surface area (Å²) < 4.78 is 0. The second-order valence-corrected chi connectivity index (χ2v) is 5.83. The van der Waals surface area contributed by atoms with E-state index in [1.165, 1.54) is 18.4 Å². The molecule has 0 aromatic rings. The van der Waals surface area contributed by atoms with Gasteiger partial charge in [-0.2, -0.15) is 0 Å². The lowest BCUT2D eigenvalue weighted by atomic mass is 9.65. The van der Waals surface area contributed by atoms with Gasteiger partial charge in [0.15, 0.2) is 0 Å². The smallest absolute Gasteiger partial charge is 0.130 e. The van der Waals surface area contributed by atoms with Crippen molar-refractivity contribution in [2.75, 3.05) is 6.54 Å². The normalized spacial score (nSPS) is 37.4. The lowest BCUT2D eigenvalue weighted by molar-refractivity contribution is -0.119. The van der Waals surface area contributed by atoms with Crippen molar-refractivity contribution in [3.05, 3.63) is 12.2 Å². The first-order valence-electron chi connectivity index (χ1n) is 6.43. The molecule has 16 heavy (non-hydrogen) atoms. The predicted octanol–water partition coefficient (Wildman–Crippen LogP) is 2.55. The van der Waals surface area contributed by atoms with E-state index in [1.807, 2.05) is 0 Å². The first-order chi connectivity index (χ1) is 7.56. The van der Waals surface area contributed by atoms with Gasteiger partial charge in [0.05, 0.1) is 0 Å². The molecule has 0 aromatic heterocycles. The van der Waals surface area contributed by atoms with Gasteiger partial charge < -0.3 is 10.1 Å². The Hall–Kier alpha value is -0.630. The highest BCUT2D eigenvalue weighted by atomic mass is 16.1. The van der Waals surface area contributed by atoms with Crippen LogP contribution in [0.2, 0.25) is 0 Å². The van der Waals surface area contributed by atoms with Crippen LogP contribution in [-0.4, -0.2) is 18.4 Å². The Bertz CT molecular complexity index is 267. The Morgan fingerprint density at radius 2 is 2.00 bits per heavy atom. The van der Waals surface area contributed by atoms with Crippen LogP contribution in [0.5, 0.6) is 0 Å². The van der Waals surface area contributed by atoms with Crippen molar-refractivity contribution in [1.82, 2.24) is 5.32 Å². The highest BCUT2D eigenvalue weighted by molar-refractivity contribution is 5.75. The average Bonchev–Trinajstić information content (AvgIpc) is 2.17. The SMILES string of the molecule is C=C(C)CC1CC2CNC1CC2CC(C)=O. The molecule has 0 amide bonds. The molecule has 3 aliphatic rings. The molecule has 2 heteroatoms. The van der Waals surface area contributed by atoms with Crippen LogP contribution in [0.15, 0.2) is 12.2 Å². The van der Waals surface area contributed by atoms with Gasteiger partial charge in [-0.1, -0.05) is 5.57 Å². The largest absolute Gasteiger partial charge is 0.313 e. The third-order valence-electron chi connectivity index (χ3n) is 4.20. The van der Waals surface area contributed by atoms with E-state index in [0.717, 1.165) is 31.2 Å². The second kappa shape index (κ2) is 4.70. The maximum atomic E-state index is 11.2. The molecule has 0 radical (unpaired) electrons. The zero-order valence-electron chi connectivity index (χ0n) is 10.5. The molecule has 1 aliphatic carbocycles. The molecule has 2 aliphatic heterocycles. The maximum Gasteiger partial charge on any atom is 0.130 e. The van der Waals surface area contributed by atoms with Crippen LogP contribution in [0.25, 0.3) is 0 Å². The molecule has 4 atom stereocenters. The van der Waals surface area contributed by atoms with Crippen LogP contribution in [-0.2, 0) is 4.79 Å². The van der Waals surface area contributed by atoms with Crippen molar-refractivity contribution >= 4 is 5.78 Å². The number of carbonyl (C=O) groups excluding carboxylic acids is 1. The van der Waals surface area contributed by atoms with Gasteiger partial charge in [-0.3, -0.25) is 0 Å². The lowest BCUT2D eigenvalue weighted by Crippen LogP contribution is -2.54. The van der Waals surface area contributed by atoms with Crippen LogP contribution >= 0.6 is 0 Å². The van der Waals surface area contributed by atoms with Gasteiger partial charge >= 0.3 is 0 Å². The van der Waals surface area contributed by atoms with Crippen LogP contribution in [0, 0.1) is 17.8 Å². The van der Waals surface area contributed by atoms with Gasteiger partial charge in [0, 0.05) is 12.5 Å². The Morgan fingerprint density at radius 3 is 2.50 bits per heavy atom. The Kier molecular flexibility index (Phi) is 3.48. The fourth-order valence-electron chi connectivity index (χ4n) is 3.55. The molecule has 0 spiro atoms. The molecule has 2 heterocycles. The summed E-state index contributed by atoms with van der Waals surface area (Å²) in [7, 11) is 0. The van der Waals surface area contributed by atoms with E-state index < -0.39 is 0 Å².